The molecule has 1 aromatic rings. The minimum Gasteiger partial charge on any atom is -0.336 e. The van der Waals surface area contributed by atoms with Crippen molar-refractivity contribution in [3.63, 3.8) is 0 Å². The lowest BCUT2D eigenvalue weighted by Gasteiger charge is -2.18. The first-order valence-corrected chi connectivity index (χ1v) is 7.06. The molecule has 2 N–H and O–H groups in total. The third kappa shape index (κ3) is 5.39. The third-order valence-electron chi connectivity index (χ3n) is 2.65. The highest BCUT2D eigenvalue weighted by atomic mass is 35.5. The highest BCUT2D eigenvalue weighted by Crippen LogP contribution is 2.22. The molecule has 20 heavy (non-hydrogen) atoms. The molecule has 0 bridgehead atoms. The minimum atomic E-state index is -0.618. The van der Waals surface area contributed by atoms with Crippen molar-refractivity contribution < 1.29 is 9.59 Å². The predicted molar refractivity (Wildman–Crippen MR) is 81.4 cm³/mol. The molecule has 0 saturated heterocycles. The summed E-state index contributed by atoms with van der Waals surface area (Å²) in [5.41, 5.74) is 0.765. The van der Waals surface area contributed by atoms with Crippen LogP contribution in [0.4, 0.5) is 4.79 Å². The van der Waals surface area contributed by atoms with E-state index in [1.807, 2.05) is 13.8 Å². The summed E-state index contributed by atoms with van der Waals surface area (Å²) in [6.45, 7) is 5.13. The molecule has 1 atom stereocenters. The Bertz CT molecular complexity index is 504. The van der Waals surface area contributed by atoms with Crippen LogP contribution in [0.25, 0.3) is 0 Å². The van der Waals surface area contributed by atoms with E-state index in [9.17, 15) is 9.59 Å². The molecule has 0 radical (unpaired) electrons. The van der Waals surface area contributed by atoms with Gasteiger partial charge in [-0.05, 0) is 38.5 Å². The van der Waals surface area contributed by atoms with Crippen molar-refractivity contribution in [3.05, 3.63) is 33.8 Å². The number of carbonyl (C=O) groups is 2. The van der Waals surface area contributed by atoms with Crippen molar-refractivity contribution in [2.45, 2.75) is 39.3 Å². The Morgan fingerprint density at radius 2 is 1.85 bits per heavy atom. The summed E-state index contributed by atoms with van der Waals surface area (Å²) in [5, 5.41) is 6.34. The van der Waals surface area contributed by atoms with Gasteiger partial charge in [-0.15, -0.1) is 0 Å². The van der Waals surface area contributed by atoms with E-state index in [-0.39, 0.29) is 17.9 Å². The lowest BCUT2D eigenvalue weighted by atomic mass is 10.0. The fraction of sp³-hybridized carbons (Fsp3) is 0.429. The average Bonchev–Trinajstić information content (AvgIpc) is 2.30. The van der Waals surface area contributed by atoms with Crippen LogP contribution >= 0.6 is 23.2 Å². The second-order valence-electron chi connectivity index (χ2n) is 4.88. The fourth-order valence-electron chi connectivity index (χ4n) is 1.67. The van der Waals surface area contributed by atoms with Crippen LogP contribution in [-0.2, 0) is 11.2 Å². The van der Waals surface area contributed by atoms with E-state index < -0.39 is 6.04 Å². The van der Waals surface area contributed by atoms with Crippen molar-refractivity contribution in [1.82, 2.24) is 10.6 Å². The van der Waals surface area contributed by atoms with Gasteiger partial charge in [-0.2, -0.15) is 0 Å². The molecule has 4 nitrogen and oxygen atoms in total. The van der Waals surface area contributed by atoms with Crippen molar-refractivity contribution in [3.8, 4) is 0 Å². The predicted octanol–water partition coefficient (Wildman–Crippen LogP) is 3.20. The SMILES string of the molecule is CC(=O)[C@@H](Cc1ccc(Cl)cc1Cl)NC(=O)NC(C)C. The van der Waals surface area contributed by atoms with Crippen molar-refractivity contribution >= 4 is 35.0 Å². The largest absolute Gasteiger partial charge is 0.336 e. The van der Waals surface area contributed by atoms with Gasteiger partial charge >= 0.3 is 6.03 Å². The van der Waals surface area contributed by atoms with Gasteiger partial charge in [-0.3, -0.25) is 4.79 Å². The molecule has 0 aliphatic heterocycles. The quantitative estimate of drug-likeness (QED) is 0.876. The number of urea groups is 1. The van der Waals surface area contributed by atoms with Crippen molar-refractivity contribution in [1.29, 1.82) is 0 Å². The zero-order chi connectivity index (χ0) is 15.3. The maximum atomic E-state index is 11.7. The van der Waals surface area contributed by atoms with Crippen LogP contribution in [0, 0.1) is 0 Å². The number of halogens is 2. The Labute approximate surface area is 128 Å². The van der Waals surface area contributed by atoms with Crippen LogP contribution in [-0.4, -0.2) is 23.9 Å². The number of amides is 2. The minimum absolute atomic E-state index is 0.00160. The van der Waals surface area contributed by atoms with Crippen LogP contribution < -0.4 is 10.6 Å². The summed E-state index contributed by atoms with van der Waals surface area (Å²) in [5.74, 6) is -0.130. The highest BCUT2D eigenvalue weighted by molar-refractivity contribution is 6.35. The Hall–Kier alpha value is -1.26. The van der Waals surface area contributed by atoms with Crippen LogP contribution in [0.15, 0.2) is 18.2 Å². The Morgan fingerprint density at radius 1 is 1.20 bits per heavy atom. The van der Waals surface area contributed by atoms with E-state index >= 15 is 0 Å². The average molecular weight is 317 g/mol. The number of carbonyl (C=O) groups excluding carboxylic acids is 2. The number of benzene rings is 1. The summed E-state index contributed by atoms with van der Waals surface area (Å²) in [4.78, 5) is 23.3. The number of rotatable bonds is 5. The molecule has 1 rings (SSSR count). The number of ketones is 1. The zero-order valence-electron chi connectivity index (χ0n) is 11.7. The molecule has 0 aliphatic carbocycles. The highest BCUT2D eigenvalue weighted by Gasteiger charge is 2.19. The molecule has 0 saturated carbocycles. The molecular formula is C14H18Cl2N2O2. The molecule has 6 heteroatoms. The lowest BCUT2D eigenvalue weighted by Crippen LogP contribution is -2.48. The summed E-state index contributed by atoms with van der Waals surface area (Å²) in [6.07, 6.45) is 0.330. The molecule has 0 unspecified atom stereocenters. The second-order valence-corrected chi connectivity index (χ2v) is 5.72. The van der Waals surface area contributed by atoms with Gasteiger partial charge in [0.2, 0.25) is 0 Å². The van der Waals surface area contributed by atoms with Crippen LogP contribution in [0.3, 0.4) is 0 Å². The molecular weight excluding hydrogens is 299 g/mol. The molecule has 2 amide bonds. The topological polar surface area (TPSA) is 58.2 Å². The van der Waals surface area contributed by atoms with Gasteiger partial charge < -0.3 is 10.6 Å². The standard InChI is InChI=1S/C14H18Cl2N2O2/c1-8(2)17-14(20)18-13(9(3)19)6-10-4-5-11(15)7-12(10)16/h4-5,7-8,13H,6H2,1-3H3,(H2,17,18,20)/t13-/m1/s1. The van der Waals surface area contributed by atoms with Gasteiger partial charge in [0, 0.05) is 22.5 Å². The maximum absolute atomic E-state index is 11.7. The summed E-state index contributed by atoms with van der Waals surface area (Å²) < 4.78 is 0. The smallest absolute Gasteiger partial charge is 0.315 e. The first kappa shape index (κ1) is 16.8. The van der Waals surface area contributed by atoms with Gasteiger partial charge in [0.15, 0.2) is 5.78 Å². The van der Waals surface area contributed by atoms with Gasteiger partial charge in [-0.1, -0.05) is 29.3 Å². The molecule has 0 heterocycles. The molecule has 0 aromatic heterocycles. The van der Waals surface area contributed by atoms with Crippen molar-refractivity contribution in [2.75, 3.05) is 0 Å². The first-order valence-electron chi connectivity index (χ1n) is 6.31. The number of hydrogen-bond acceptors (Lipinski definition) is 2. The molecule has 110 valence electrons. The normalized spacial score (nSPS) is 12.1. The third-order valence-corrected chi connectivity index (χ3v) is 3.24. The van der Waals surface area contributed by atoms with Crippen LogP contribution in [0.5, 0.6) is 0 Å². The Balaban J connectivity index is 2.77. The van der Waals surface area contributed by atoms with Crippen molar-refractivity contribution in [2.24, 2.45) is 0 Å². The molecule has 0 aliphatic rings. The van der Waals surface area contributed by atoms with Gasteiger partial charge in [0.05, 0.1) is 6.04 Å². The van der Waals surface area contributed by atoms with Gasteiger partial charge in [-0.25, -0.2) is 4.79 Å². The zero-order valence-corrected chi connectivity index (χ0v) is 13.2. The van der Waals surface area contributed by atoms with E-state index in [1.165, 1.54) is 6.92 Å². The van der Waals surface area contributed by atoms with Gasteiger partial charge in [0.25, 0.3) is 0 Å². The van der Waals surface area contributed by atoms with E-state index in [0.717, 1.165) is 5.56 Å². The lowest BCUT2D eigenvalue weighted by molar-refractivity contribution is -0.118. The number of hydrogen-bond donors (Lipinski definition) is 2. The molecule has 0 spiro atoms. The monoisotopic (exact) mass is 316 g/mol. The van der Waals surface area contributed by atoms with E-state index in [4.69, 9.17) is 23.2 Å². The van der Waals surface area contributed by atoms with E-state index in [0.29, 0.717) is 16.5 Å². The van der Waals surface area contributed by atoms with Gasteiger partial charge in [0.1, 0.15) is 0 Å². The van der Waals surface area contributed by atoms with E-state index in [1.54, 1.807) is 18.2 Å². The summed E-state index contributed by atoms with van der Waals surface area (Å²) in [7, 11) is 0. The number of nitrogens with one attached hydrogen (secondary N) is 2. The maximum Gasteiger partial charge on any atom is 0.315 e. The van der Waals surface area contributed by atoms with Crippen LogP contribution in [0.1, 0.15) is 26.3 Å². The molecule has 1 aromatic carbocycles. The summed E-state index contributed by atoms with van der Waals surface area (Å²) in [6, 6.07) is 4.08. The Kier molecular flexibility index (Phi) is 6.30. The number of Topliss-reactive ketones (excluding diaryl/α,β-unsaturated/α-hetero) is 1. The first-order chi connectivity index (χ1) is 9.29. The van der Waals surface area contributed by atoms with Crippen LogP contribution in [0.2, 0.25) is 10.0 Å². The fourth-order valence-corrected chi connectivity index (χ4v) is 2.15. The van der Waals surface area contributed by atoms with E-state index in [2.05, 4.69) is 10.6 Å². The Morgan fingerprint density at radius 3 is 2.35 bits per heavy atom. The molecule has 0 fully saturated rings. The summed E-state index contributed by atoms with van der Waals surface area (Å²) >= 11 is 11.9. The second kappa shape index (κ2) is 7.50.